The van der Waals surface area contributed by atoms with Crippen molar-refractivity contribution in [2.45, 2.75) is 45.8 Å². The van der Waals surface area contributed by atoms with E-state index in [9.17, 15) is 5.11 Å². The molecule has 0 aliphatic carbocycles. The van der Waals surface area contributed by atoms with E-state index in [4.69, 9.17) is 4.42 Å². The Bertz CT molecular complexity index is 271. The van der Waals surface area contributed by atoms with Gasteiger partial charge in [0.2, 0.25) is 0 Å². The highest BCUT2D eigenvalue weighted by Crippen LogP contribution is 2.18. The quantitative estimate of drug-likeness (QED) is 0.750. The van der Waals surface area contributed by atoms with Crippen molar-refractivity contribution in [2.24, 2.45) is 5.92 Å². The van der Waals surface area contributed by atoms with Gasteiger partial charge in [-0.1, -0.05) is 20.3 Å². The minimum atomic E-state index is -0.505. The smallest absolute Gasteiger partial charge is 0.132 e. The number of furan rings is 1. The zero-order valence-electron chi connectivity index (χ0n) is 10.4. The monoisotopic (exact) mass is 225 g/mol. The maximum atomic E-state index is 9.87. The van der Waals surface area contributed by atoms with Crippen molar-refractivity contribution in [3.63, 3.8) is 0 Å². The molecule has 3 atom stereocenters. The lowest BCUT2D eigenvalue weighted by Crippen LogP contribution is -2.31. The van der Waals surface area contributed by atoms with Gasteiger partial charge < -0.3 is 14.8 Å². The Morgan fingerprint density at radius 3 is 2.75 bits per heavy atom. The van der Waals surface area contributed by atoms with Crippen LogP contribution in [0.3, 0.4) is 0 Å². The molecule has 16 heavy (non-hydrogen) atoms. The van der Waals surface area contributed by atoms with Gasteiger partial charge >= 0.3 is 0 Å². The van der Waals surface area contributed by atoms with Crippen LogP contribution in [0.25, 0.3) is 0 Å². The fourth-order valence-corrected chi connectivity index (χ4v) is 1.56. The highest BCUT2D eigenvalue weighted by Gasteiger charge is 2.14. The lowest BCUT2D eigenvalue weighted by atomic mass is 10.1. The van der Waals surface area contributed by atoms with E-state index in [0.717, 1.165) is 6.54 Å². The average molecular weight is 225 g/mol. The van der Waals surface area contributed by atoms with E-state index in [0.29, 0.717) is 24.1 Å². The Labute approximate surface area is 97.9 Å². The van der Waals surface area contributed by atoms with Crippen LogP contribution in [-0.2, 0) is 0 Å². The van der Waals surface area contributed by atoms with Crippen LogP contribution in [0.4, 0.5) is 0 Å². The molecule has 0 saturated carbocycles. The maximum Gasteiger partial charge on any atom is 0.132 e. The molecular weight excluding hydrogens is 202 g/mol. The van der Waals surface area contributed by atoms with E-state index in [1.807, 2.05) is 6.07 Å². The van der Waals surface area contributed by atoms with Crippen molar-refractivity contribution >= 4 is 0 Å². The summed E-state index contributed by atoms with van der Waals surface area (Å²) in [7, 11) is 0. The summed E-state index contributed by atoms with van der Waals surface area (Å²) in [5.74, 6) is 1.33. The van der Waals surface area contributed by atoms with Crippen LogP contribution >= 0.6 is 0 Å². The largest absolute Gasteiger partial charge is 0.467 e. The van der Waals surface area contributed by atoms with Gasteiger partial charge in [0.05, 0.1) is 6.26 Å². The molecule has 0 aliphatic rings. The molecule has 0 aliphatic heterocycles. The molecule has 2 N–H and O–H groups in total. The van der Waals surface area contributed by atoms with E-state index >= 15 is 0 Å². The van der Waals surface area contributed by atoms with Crippen LogP contribution in [0, 0.1) is 5.92 Å². The van der Waals surface area contributed by atoms with Gasteiger partial charge in [-0.05, 0) is 37.9 Å². The van der Waals surface area contributed by atoms with Gasteiger partial charge in [-0.25, -0.2) is 0 Å². The summed E-state index contributed by atoms with van der Waals surface area (Å²) in [6, 6.07) is 3.91. The van der Waals surface area contributed by atoms with Crippen molar-refractivity contribution in [3.05, 3.63) is 24.2 Å². The van der Waals surface area contributed by atoms with Crippen LogP contribution in [0.1, 0.15) is 45.5 Å². The Morgan fingerprint density at radius 2 is 2.19 bits per heavy atom. The van der Waals surface area contributed by atoms with E-state index in [1.165, 1.54) is 6.42 Å². The third-order valence-corrected chi connectivity index (χ3v) is 2.96. The van der Waals surface area contributed by atoms with Crippen molar-refractivity contribution < 1.29 is 9.52 Å². The zero-order valence-corrected chi connectivity index (χ0v) is 10.4. The third-order valence-electron chi connectivity index (χ3n) is 2.96. The number of aliphatic hydroxyl groups is 1. The van der Waals surface area contributed by atoms with Crippen molar-refractivity contribution in [1.29, 1.82) is 0 Å². The second-order valence-electron chi connectivity index (χ2n) is 4.59. The van der Waals surface area contributed by atoms with Gasteiger partial charge in [0.1, 0.15) is 11.9 Å². The number of rotatable bonds is 7. The van der Waals surface area contributed by atoms with E-state index in [2.05, 4.69) is 26.1 Å². The first-order valence-electron chi connectivity index (χ1n) is 6.08. The molecule has 3 heteroatoms. The number of aliphatic hydroxyl groups excluding tert-OH is 1. The second kappa shape index (κ2) is 6.71. The molecule has 0 bridgehead atoms. The summed E-state index contributed by atoms with van der Waals surface area (Å²) >= 11 is 0. The van der Waals surface area contributed by atoms with Crippen LogP contribution < -0.4 is 5.32 Å². The standard InChI is InChI=1S/C13H23NO2/c1-4-10(2)9-14-11(3)8-12(15)13-6-5-7-16-13/h5-7,10-12,14-15H,4,8-9H2,1-3H3. The average Bonchev–Trinajstić information content (AvgIpc) is 2.79. The van der Waals surface area contributed by atoms with Crippen LogP contribution in [0.2, 0.25) is 0 Å². The van der Waals surface area contributed by atoms with Crippen molar-refractivity contribution in [2.75, 3.05) is 6.54 Å². The molecule has 1 heterocycles. The molecule has 1 aromatic heterocycles. The summed E-state index contributed by atoms with van der Waals surface area (Å²) in [5, 5.41) is 13.3. The molecule has 0 saturated heterocycles. The lowest BCUT2D eigenvalue weighted by Gasteiger charge is -2.18. The van der Waals surface area contributed by atoms with Crippen molar-refractivity contribution in [3.8, 4) is 0 Å². The summed E-state index contributed by atoms with van der Waals surface area (Å²) in [5.41, 5.74) is 0. The Hall–Kier alpha value is -0.800. The lowest BCUT2D eigenvalue weighted by molar-refractivity contribution is 0.128. The SMILES string of the molecule is CCC(C)CNC(C)CC(O)c1ccco1. The predicted molar refractivity (Wildman–Crippen MR) is 65.2 cm³/mol. The molecule has 0 spiro atoms. The normalized spacial score (nSPS) is 17.0. The van der Waals surface area contributed by atoms with Gasteiger partial charge in [0.15, 0.2) is 0 Å². The molecule has 0 radical (unpaired) electrons. The van der Waals surface area contributed by atoms with E-state index < -0.39 is 6.10 Å². The maximum absolute atomic E-state index is 9.87. The first kappa shape index (κ1) is 13.3. The first-order chi connectivity index (χ1) is 7.63. The summed E-state index contributed by atoms with van der Waals surface area (Å²) in [6.07, 6.45) is 2.95. The number of hydrogen-bond acceptors (Lipinski definition) is 3. The van der Waals surface area contributed by atoms with Crippen LogP contribution in [-0.4, -0.2) is 17.7 Å². The molecule has 3 unspecified atom stereocenters. The summed E-state index contributed by atoms with van der Waals surface area (Å²) in [4.78, 5) is 0. The van der Waals surface area contributed by atoms with Gasteiger partial charge in [0.25, 0.3) is 0 Å². The molecule has 0 amide bonds. The summed E-state index contributed by atoms with van der Waals surface area (Å²) in [6.45, 7) is 7.51. The number of hydrogen-bond donors (Lipinski definition) is 2. The Balaban J connectivity index is 2.26. The Morgan fingerprint density at radius 1 is 1.44 bits per heavy atom. The first-order valence-corrected chi connectivity index (χ1v) is 6.08. The fraction of sp³-hybridized carbons (Fsp3) is 0.692. The Kier molecular flexibility index (Phi) is 5.56. The third kappa shape index (κ3) is 4.37. The molecule has 1 rings (SSSR count). The molecular formula is C13H23NO2. The fourth-order valence-electron chi connectivity index (χ4n) is 1.56. The molecule has 0 fully saturated rings. The minimum absolute atomic E-state index is 0.300. The zero-order chi connectivity index (χ0) is 12.0. The second-order valence-corrected chi connectivity index (χ2v) is 4.59. The molecule has 92 valence electrons. The predicted octanol–water partition coefficient (Wildman–Crippen LogP) is 2.73. The van der Waals surface area contributed by atoms with Crippen LogP contribution in [0.5, 0.6) is 0 Å². The van der Waals surface area contributed by atoms with Gasteiger partial charge in [-0.2, -0.15) is 0 Å². The highest BCUT2D eigenvalue weighted by molar-refractivity contribution is 5.02. The van der Waals surface area contributed by atoms with Gasteiger partial charge in [-0.3, -0.25) is 0 Å². The van der Waals surface area contributed by atoms with E-state index in [-0.39, 0.29) is 0 Å². The van der Waals surface area contributed by atoms with Crippen molar-refractivity contribution in [1.82, 2.24) is 5.32 Å². The minimum Gasteiger partial charge on any atom is -0.467 e. The molecule has 0 aromatic carbocycles. The van der Waals surface area contributed by atoms with Gasteiger partial charge in [-0.15, -0.1) is 0 Å². The van der Waals surface area contributed by atoms with E-state index in [1.54, 1.807) is 12.3 Å². The highest BCUT2D eigenvalue weighted by atomic mass is 16.4. The van der Waals surface area contributed by atoms with Gasteiger partial charge in [0, 0.05) is 6.04 Å². The topological polar surface area (TPSA) is 45.4 Å². The summed E-state index contributed by atoms with van der Waals surface area (Å²) < 4.78 is 5.17. The molecule has 1 aromatic rings. The van der Waals surface area contributed by atoms with Crippen LogP contribution in [0.15, 0.2) is 22.8 Å². The number of nitrogens with one attached hydrogen (secondary N) is 1. The molecule has 3 nitrogen and oxygen atoms in total.